The molecule has 0 fully saturated rings. The molecule has 1 aromatic carbocycles. The predicted octanol–water partition coefficient (Wildman–Crippen LogP) is 2.22. The topological polar surface area (TPSA) is 66.4 Å². The van der Waals surface area contributed by atoms with Crippen LogP contribution in [0.25, 0.3) is 0 Å². The van der Waals surface area contributed by atoms with Crippen molar-refractivity contribution in [2.24, 2.45) is 5.92 Å². The van der Waals surface area contributed by atoms with Gasteiger partial charge in [0, 0.05) is 12.1 Å². The van der Waals surface area contributed by atoms with Gasteiger partial charge in [-0.25, -0.2) is 0 Å². The first-order valence-corrected chi connectivity index (χ1v) is 6.18. The number of fused-ring (bicyclic) bond motifs is 1. The molecular weight excluding hydrogens is 230 g/mol. The van der Waals surface area contributed by atoms with Gasteiger partial charge in [0.15, 0.2) is 0 Å². The Kier molecular flexibility index (Phi) is 3.65. The minimum absolute atomic E-state index is 0.0430. The molecule has 1 aromatic rings. The molecule has 1 heterocycles. The van der Waals surface area contributed by atoms with E-state index in [2.05, 4.69) is 5.32 Å². The van der Waals surface area contributed by atoms with Crippen molar-refractivity contribution in [3.63, 3.8) is 0 Å². The summed E-state index contributed by atoms with van der Waals surface area (Å²) in [6, 6.07) is 5.97. The lowest BCUT2D eigenvalue weighted by Gasteiger charge is -2.09. The molecule has 0 aliphatic carbocycles. The SMILES string of the molecule is CC(CCc1ccc2c(c1)CC(=O)N2)CC(=O)O. The Morgan fingerprint density at radius 3 is 3.00 bits per heavy atom. The zero-order valence-corrected chi connectivity index (χ0v) is 10.4. The van der Waals surface area contributed by atoms with Crippen molar-refractivity contribution < 1.29 is 14.7 Å². The van der Waals surface area contributed by atoms with E-state index in [9.17, 15) is 9.59 Å². The van der Waals surface area contributed by atoms with Crippen LogP contribution in [0.5, 0.6) is 0 Å². The molecular formula is C14H17NO3. The Morgan fingerprint density at radius 2 is 2.28 bits per heavy atom. The van der Waals surface area contributed by atoms with E-state index in [4.69, 9.17) is 5.11 Å². The second-order valence-electron chi connectivity index (χ2n) is 4.96. The van der Waals surface area contributed by atoms with Crippen LogP contribution in [0, 0.1) is 5.92 Å². The minimum Gasteiger partial charge on any atom is -0.481 e. The number of carbonyl (C=O) groups is 2. The second-order valence-corrected chi connectivity index (χ2v) is 4.96. The summed E-state index contributed by atoms with van der Waals surface area (Å²) in [7, 11) is 0. The summed E-state index contributed by atoms with van der Waals surface area (Å²) in [4.78, 5) is 21.8. The first-order chi connectivity index (χ1) is 8.54. The summed E-state index contributed by atoms with van der Waals surface area (Å²) in [5.41, 5.74) is 3.12. The molecule has 4 nitrogen and oxygen atoms in total. The van der Waals surface area contributed by atoms with Crippen molar-refractivity contribution in [1.29, 1.82) is 0 Å². The number of rotatable bonds is 5. The van der Waals surface area contributed by atoms with Crippen LogP contribution in [0.4, 0.5) is 5.69 Å². The fraction of sp³-hybridized carbons (Fsp3) is 0.429. The second kappa shape index (κ2) is 5.21. The molecule has 4 heteroatoms. The summed E-state index contributed by atoms with van der Waals surface area (Å²) in [6.07, 6.45) is 2.38. The Labute approximate surface area is 106 Å². The van der Waals surface area contributed by atoms with Gasteiger partial charge in [0.25, 0.3) is 0 Å². The van der Waals surface area contributed by atoms with Crippen molar-refractivity contribution in [1.82, 2.24) is 0 Å². The number of carbonyl (C=O) groups excluding carboxylic acids is 1. The lowest BCUT2D eigenvalue weighted by molar-refractivity contribution is -0.138. The summed E-state index contributed by atoms with van der Waals surface area (Å²) in [5, 5.41) is 11.5. The molecule has 0 saturated heterocycles. The van der Waals surface area contributed by atoms with Crippen molar-refractivity contribution >= 4 is 17.6 Å². The smallest absolute Gasteiger partial charge is 0.303 e. The number of carboxylic acids is 1. The van der Waals surface area contributed by atoms with Gasteiger partial charge >= 0.3 is 5.97 Å². The standard InChI is InChI=1S/C14H17NO3/c1-9(6-14(17)18)2-3-10-4-5-12-11(7-10)8-13(16)15-12/h4-5,7,9H,2-3,6,8H2,1H3,(H,15,16)(H,17,18). The molecule has 0 spiro atoms. The van der Waals surface area contributed by atoms with E-state index >= 15 is 0 Å². The monoisotopic (exact) mass is 247 g/mol. The summed E-state index contributed by atoms with van der Waals surface area (Å²) in [6.45, 7) is 1.95. The van der Waals surface area contributed by atoms with Crippen LogP contribution in [0.1, 0.15) is 30.9 Å². The van der Waals surface area contributed by atoms with Crippen LogP contribution in [-0.4, -0.2) is 17.0 Å². The van der Waals surface area contributed by atoms with Crippen LogP contribution in [0.15, 0.2) is 18.2 Å². The number of aliphatic carboxylic acids is 1. The molecule has 0 aromatic heterocycles. The number of amides is 1. The van der Waals surface area contributed by atoms with Crippen LogP contribution in [0.2, 0.25) is 0 Å². The van der Waals surface area contributed by atoms with Gasteiger partial charge in [0.05, 0.1) is 6.42 Å². The summed E-state index contributed by atoms with van der Waals surface area (Å²) >= 11 is 0. The van der Waals surface area contributed by atoms with Crippen LogP contribution in [0.3, 0.4) is 0 Å². The average molecular weight is 247 g/mol. The lowest BCUT2D eigenvalue weighted by Crippen LogP contribution is -2.05. The minimum atomic E-state index is -0.744. The molecule has 18 heavy (non-hydrogen) atoms. The van der Waals surface area contributed by atoms with Crippen molar-refractivity contribution in [2.75, 3.05) is 5.32 Å². The predicted molar refractivity (Wildman–Crippen MR) is 68.5 cm³/mol. The highest BCUT2D eigenvalue weighted by atomic mass is 16.4. The highest BCUT2D eigenvalue weighted by Crippen LogP contribution is 2.25. The number of nitrogens with one attached hydrogen (secondary N) is 1. The molecule has 96 valence electrons. The molecule has 0 saturated carbocycles. The lowest BCUT2D eigenvalue weighted by atomic mass is 9.97. The average Bonchev–Trinajstić information content (AvgIpc) is 2.64. The van der Waals surface area contributed by atoms with Gasteiger partial charge in [0.1, 0.15) is 0 Å². The third-order valence-electron chi connectivity index (χ3n) is 3.24. The third-order valence-corrected chi connectivity index (χ3v) is 3.24. The summed E-state index contributed by atoms with van der Waals surface area (Å²) in [5.74, 6) is -0.525. The number of benzene rings is 1. The molecule has 2 N–H and O–H groups in total. The van der Waals surface area contributed by atoms with Gasteiger partial charge in [-0.3, -0.25) is 9.59 Å². The van der Waals surface area contributed by atoms with Crippen LogP contribution in [-0.2, 0) is 22.4 Å². The molecule has 1 amide bonds. The van der Waals surface area contributed by atoms with E-state index in [0.29, 0.717) is 6.42 Å². The van der Waals surface area contributed by atoms with Gasteiger partial charge in [-0.1, -0.05) is 19.1 Å². The maximum atomic E-state index is 11.2. The fourth-order valence-corrected chi connectivity index (χ4v) is 2.25. The van der Waals surface area contributed by atoms with E-state index in [1.165, 1.54) is 5.56 Å². The molecule has 2 rings (SSSR count). The van der Waals surface area contributed by atoms with E-state index in [1.54, 1.807) is 0 Å². The number of hydrogen-bond donors (Lipinski definition) is 2. The van der Waals surface area contributed by atoms with Gasteiger partial charge in [-0.2, -0.15) is 0 Å². The first-order valence-electron chi connectivity index (χ1n) is 6.18. The Morgan fingerprint density at radius 1 is 1.50 bits per heavy atom. The Bertz CT molecular complexity index is 482. The number of anilines is 1. The van der Waals surface area contributed by atoms with Gasteiger partial charge in [-0.15, -0.1) is 0 Å². The molecule has 1 atom stereocenters. The van der Waals surface area contributed by atoms with Crippen molar-refractivity contribution in [3.8, 4) is 0 Å². The molecule has 1 aliphatic heterocycles. The van der Waals surface area contributed by atoms with Crippen molar-refractivity contribution in [3.05, 3.63) is 29.3 Å². The molecule has 1 aliphatic rings. The Balaban J connectivity index is 1.93. The first kappa shape index (κ1) is 12.6. The molecule has 0 bridgehead atoms. The maximum absolute atomic E-state index is 11.2. The van der Waals surface area contributed by atoms with E-state index in [-0.39, 0.29) is 18.2 Å². The normalized spacial score (nSPS) is 15.1. The van der Waals surface area contributed by atoms with Crippen LogP contribution < -0.4 is 5.32 Å². The number of aryl methyl sites for hydroxylation is 1. The fourth-order valence-electron chi connectivity index (χ4n) is 2.25. The van der Waals surface area contributed by atoms with E-state index < -0.39 is 5.97 Å². The Hall–Kier alpha value is -1.84. The van der Waals surface area contributed by atoms with Crippen LogP contribution >= 0.6 is 0 Å². The van der Waals surface area contributed by atoms with E-state index in [0.717, 1.165) is 24.1 Å². The summed E-state index contributed by atoms with van der Waals surface area (Å²) < 4.78 is 0. The zero-order valence-electron chi connectivity index (χ0n) is 10.4. The zero-order chi connectivity index (χ0) is 13.1. The molecule has 1 unspecified atom stereocenters. The number of hydrogen-bond acceptors (Lipinski definition) is 2. The molecule has 0 radical (unpaired) electrons. The van der Waals surface area contributed by atoms with Crippen molar-refractivity contribution in [2.45, 2.75) is 32.6 Å². The van der Waals surface area contributed by atoms with Gasteiger partial charge < -0.3 is 10.4 Å². The quantitative estimate of drug-likeness (QED) is 0.838. The maximum Gasteiger partial charge on any atom is 0.303 e. The number of carboxylic acid groups (broad SMARTS) is 1. The van der Waals surface area contributed by atoms with Gasteiger partial charge in [0.2, 0.25) is 5.91 Å². The highest BCUT2D eigenvalue weighted by Gasteiger charge is 2.17. The van der Waals surface area contributed by atoms with E-state index in [1.807, 2.05) is 25.1 Å². The largest absolute Gasteiger partial charge is 0.481 e. The highest BCUT2D eigenvalue weighted by molar-refractivity contribution is 5.99. The van der Waals surface area contributed by atoms with Gasteiger partial charge in [-0.05, 0) is 36.0 Å². The third kappa shape index (κ3) is 3.09.